The number of anilines is 1. The van der Waals surface area contributed by atoms with Crippen LogP contribution in [0.15, 0.2) is 66.9 Å². The molecule has 0 saturated carbocycles. The maximum atomic E-state index is 13.2. The molecule has 1 saturated heterocycles. The highest BCUT2D eigenvalue weighted by Gasteiger charge is 2.34. The van der Waals surface area contributed by atoms with Crippen LogP contribution < -0.4 is 5.32 Å². The molecule has 1 aliphatic heterocycles. The lowest BCUT2D eigenvalue weighted by atomic mass is 9.88. The molecule has 206 valence electrons. The first-order valence-electron chi connectivity index (χ1n) is 13.3. The number of rotatable bonds is 6. The minimum absolute atomic E-state index is 0.0686. The number of amides is 3. The molecule has 3 amide bonds. The summed E-state index contributed by atoms with van der Waals surface area (Å²) in [7, 11) is 3.41. The van der Waals surface area contributed by atoms with Gasteiger partial charge in [0.1, 0.15) is 5.15 Å². The predicted octanol–water partition coefficient (Wildman–Crippen LogP) is 4.50. The van der Waals surface area contributed by atoms with Gasteiger partial charge in [0, 0.05) is 56.3 Å². The first-order chi connectivity index (χ1) is 19.8. The predicted molar refractivity (Wildman–Crippen MR) is 157 cm³/mol. The fraction of sp³-hybridized carbons (Fsp3) is 0.194. The van der Waals surface area contributed by atoms with Gasteiger partial charge in [-0.3, -0.25) is 14.4 Å². The maximum absolute atomic E-state index is 13.2. The summed E-state index contributed by atoms with van der Waals surface area (Å²) < 4.78 is 1.81. The van der Waals surface area contributed by atoms with Gasteiger partial charge in [-0.05, 0) is 66.4 Å². The molecule has 0 atom stereocenters. The van der Waals surface area contributed by atoms with Crippen LogP contribution in [0.25, 0.3) is 23.0 Å². The molecule has 4 aromatic rings. The number of hydrogen-bond acceptors (Lipinski definition) is 5. The Balaban J connectivity index is 1.39. The van der Waals surface area contributed by atoms with Crippen LogP contribution in [-0.4, -0.2) is 69.5 Å². The highest BCUT2D eigenvalue weighted by molar-refractivity contribution is 6.33. The second kappa shape index (κ2) is 10.7. The van der Waals surface area contributed by atoms with Crippen LogP contribution in [0.4, 0.5) is 5.69 Å². The Morgan fingerprint density at radius 2 is 1.80 bits per heavy atom. The number of halogens is 1. The molecule has 2 aliphatic rings. The number of aromatic nitrogens is 3. The van der Waals surface area contributed by atoms with Crippen molar-refractivity contribution in [1.29, 1.82) is 0 Å². The van der Waals surface area contributed by atoms with Crippen LogP contribution in [0.1, 0.15) is 37.5 Å². The number of hydrogen-bond donors (Lipinski definition) is 1. The molecule has 1 aliphatic carbocycles. The molecule has 2 aromatic heterocycles. The molecule has 9 nitrogen and oxygen atoms in total. The third kappa shape index (κ3) is 5.24. The van der Waals surface area contributed by atoms with Gasteiger partial charge < -0.3 is 15.1 Å². The SMILES string of the molecule is CN(C)C(=O)/C=C/c1ccc(-n2nc(C(=O)N3CC3)c3c2-c2cc(NC(=O)c4cccnc4Cl)ccc2CC3)cc1. The van der Waals surface area contributed by atoms with E-state index in [1.807, 2.05) is 47.1 Å². The fourth-order valence-electron chi connectivity index (χ4n) is 4.87. The Morgan fingerprint density at radius 1 is 1.02 bits per heavy atom. The third-order valence-electron chi connectivity index (χ3n) is 7.19. The summed E-state index contributed by atoms with van der Waals surface area (Å²) in [5, 5.41) is 7.89. The molecule has 0 radical (unpaired) electrons. The van der Waals surface area contributed by atoms with Gasteiger partial charge in [-0.1, -0.05) is 29.8 Å². The molecular weight excluding hydrogens is 540 g/mol. The summed E-state index contributed by atoms with van der Waals surface area (Å²) in [6, 6.07) is 16.7. The number of carbonyl (C=O) groups excluding carboxylic acids is 3. The Labute approximate surface area is 242 Å². The van der Waals surface area contributed by atoms with Crippen LogP contribution in [-0.2, 0) is 17.6 Å². The van der Waals surface area contributed by atoms with E-state index in [9.17, 15) is 14.4 Å². The van der Waals surface area contributed by atoms with Crippen molar-refractivity contribution in [2.45, 2.75) is 12.8 Å². The van der Waals surface area contributed by atoms with Gasteiger partial charge in [0.25, 0.3) is 11.8 Å². The number of fused-ring (bicyclic) bond motifs is 3. The zero-order valence-electron chi connectivity index (χ0n) is 22.6. The van der Waals surface area contributed by atoms with Crippen LogP contribution in [0, 0.1) is 0 Å². The minimum Gasteiger partial charge on any atom is -0.345 e. The number of likely N-dealkylation sites (N-methyl/N-ethyl adjacent to an activating group) is 1. The molecule has 1 N–H and O–H groups in total. The molecule has 10 heteroatoms. The number of aryl methyl sites for hydroxylation is 1. The van der Waals surface area contributed by atoms with Crippen molar-refractivity contribution in [2.24, 2.45) is 0 Å². The van der Waals surface area contributed by atoms with E-state index in [-0.39, 0.29) is 28.4 Å². The molecule has 3 heterocycles. The molecule has 2 aromatic carbocycles. The highest BCUT2D eigenvalue weighted by atomic mass is 35.5. The average molecular weight is 567 g/mol. The quantitative estimate of drug-likeness (QED) is 0.210. The van der Waals surface area contributed by atoms with Gasteiger partial charge in [0.05, 0.1) is 16.9 Å². The van der Waals surface area contributed by atoms with Crippen molar-refractivity contribution in [3.63, 3.8) is 0 Å². The number of nitrogens with one attached hydrogen (secondary N) is 1. The number of benzene rings is 2. The van der Waals surface area contributed by atoms with Gasteiger partial charge in [-0.2, -0.15) is 5.10 Å². The van der Waals surface area contributed by atoms with E-state index in [2.05, 4.69) is 10.3 Å². The minimum atomic E-state index is -0.360. The molecule has 0 unspecified atom stereocenters. The number of carbonyl (C=O) groups is 3. The zero-order valence-corrected chi connectivity index (χ0v) is 23.4. The zero-order chi connectivity index (χ0) is 28.7. The second-order valence-corrected chi connectivity index (χ2v) is 10.6. The largest absolute Gasteiger partial charge is 0.345 e. The van der Waals surface area contributed by atoms with Crippen molar-refractivity contribution in [2.75, 3.05) is 32.5 Å². The van der Waals surface area contributed by atoms with Crippen LogP contribution in [0.2, 0.25) is 5.15 Å². The normalized spacial score (nSPS) is 13.5. The van der Waals surface area contributed by atoms with E-state index >= 15 is 0 Å². The standard InChI is InChI=1S/C31H27ClN6O3/c1-36(2)26(39)14-7-19-5-11-22(12-6-19)38-28-23(27(35-38)31(41)37-16-17-37)13-9-20-8-10-21(18-25(20)28)34-30(40)24-4-3-15-33-29(24)32/h3-8,10-12,14-15,18H,9,13,16-17H2,1-2H3,(H,34,40)/b14-7+. The van der Waals surface area contributed by atoms with E-state index in [1.54, 1.807) is 37.2 Å². The molecule has 1 fully saturated rings. The van der Waals surface area contributed by atoms with Crippen molar-refractivity contribution in [1.82, 2.24) is 24.6 Å². The van der Waals surface area contributed by atoms with E-state index < -0.39 is 0 Å². The molecular formula is C31H27ClN6O3. The molecule has 0 bridgehead atoms. The van der Waals surface area contributed by atoms with Gasteiger partial charge in [-0.25, -0.2) is 9.67 Å². The van der Waals surface area contributed by atoms with Crippen LogP contribution in [0.5, 0.6) is 0 Å². The Bertz CT molecular complexity index is 1720. The van der Waals surface area contributed by atoms with Crippen molar-refractivity contribution < 1.29 is 14.4 Å². The molecule has 6 rings (SSSR count). The first kappa shape index (κ1) is 26.5. The summed E-state index contributed by atoms with van der Waals surface area (Å²) in [4.78, 5) is 45.4. The Kier molecular flexibility index (Phi) is 6.88. The third-order valence-corrected chi connectivity index (χ3v) is 7.49. The fourth-order valence-corrected chi connectivity index (χ4v) is 5.08. The van der Waals surface area contributed by atoms with E-state index in [0.29, 0.717) is 17.8 Å². The van der Waals surface area contributed by atoms with Gasteiger partial charge >= 0.3 is 0 Å². The average Bonchev–Trinajstić information content (AvgIpc) is 3.75. The van der Waals surface area contributed by atoms with Crippen molar-refractivity contribution >= 4 is 41.1 Å². The van der Waals surface area contributed by atoms with Crippen LogP contribution in [0.3, 0.4) is 0 Å². The number of nitrogens with zero attached hydrogens (tertiary/aromatic N) is 5. The van der Waals surface area contributed by atoms with Gasteiger partial charge in [0.2, 0.25) is 5.91 Å². The monoisotopic (exact) mass is 566 g/mol. The van der Waals surface area contributed by atoms with Gasteiger partial charge in [0.15, 0.2) is 5.69 Å². The summed E-state index contributed by atoms with van der Waals surface area (Å²) in [5.74, 6) is -0.527. The van der Waals surface area contributed by atoms with Crippen molar-refractivity contribution in [3.05, 3.63) is 100.0 Å². The van der Waals surface area contributed by atoms with Crippen molar-refractivity contribution in [3.8, 4) is 16.9 Å². The maximum Gasteiger partial charge on any atom is 0.274 e. The lowest BCUT2D eigenvalue weighted by Crippen LogP contribution is -2.18. The second-order valence-electron chi connectivity index (χ2n) is 10.2. The Morgan fingerprint density at radius 3 is 2.51 bits per heavy atom. The summed E-state index contributed by atoms with van der Waals surface area (Å²) in [6.07, 6.45) is 6.25. The van der Waals surface area contributed by atoms with Gasteiger partial charge in [-0.15, -0.1) is 0 Å². The lowest BCUT2D eigenvalue weighted by Gasteiger charge is -2.20. The Hall–Kier alpha value is -4.76. The smallest absolute Gasteiger partial charge is 0.274 e. The van der Waals surface area contributed by atoms with E-state index in [0.717, 1.165) is 53.1 Å². The number of pyridine rings is 1. The topological polar surface area (TPSA) is 100 Å². The summed E-state index contributed by atoms with van der Waals surface area (Å²) >= 11 is 6.14. The van der Waals surface area contributed by atoms with Crippen LogP contribution >= 0.6 is 11.6 Å². The molecule has 0 spiro atoms. The lowest BCUT2D eigenvalue weighted by molar-refractivity contribution is -0.123. The highest BCUT2D eigenvalue weighted by Crippen LogP contribution is 2.39. The first-order valence-corrected chi connectivity index (χ1v) is 13.6. The summed E-state index contributed by atoms with van der Waals surface area (Å²) in [6.45, 7) is 1.47. The summed E-state index contributed by atoms with van der Waals surface area (Å²) in [5.41, 5.74) is 6.72. The van der Waals surface area contributed by atoms with E-state index in [4.69, 9.17) is 16.7 Å². The van der Waals surface area contributed by atoms with E-state index in [1.165, 1.54) is 17.2 Å². The molecule has 41 heavy (non-hydrogen) atoms.